The Morgan fingerprint density at radius 3 is 2.88 bits per heavy atom. The molecule has 2 N–H and O–H groups in total. The molecule has 0 atom stereocenters. The van der Waals surface area contributed by atoms with Crippen LogP contribution in [0.1, 0.15) is 41.8 Å². The summed E-state index contributed by atoms with van der Waals surface area (Å²) < 4.78 is 5.76. The van der Waals surface area contributed by atoms with E-state index in [4.69, 9.17) is 10.5 Å². The summed E-state index contributed by atoms with van der Waals surface area (Å²) in [6, 6.07) is 11.8. The number of nitrogens with two attached hydrogens (primary N) is 1. The SMILES string of the molecule is CCOc1ccc(C(C)=O)cc1CN1CCCc2c(N)cccc21. The van der Waals surface area contributed by atoms with Crippen molar-refractivity contribution in [3.63, 3.8) is 0 Å². The molecule has 4 heteroatoms. The fraction of sp³-hybridized carbons (Fsp3) is 0.350. The van der Waals surface area contributed by atoms with Gasteiger partial charge >= 0.3 is 0 Å². The van der Waals surface area contributed by atoms with Crippen molar-refractivity contribution < 1.29 is 9.53 Å². The van der Waals surface area contributed by atoms with Gasteiger partial charge in [-0.05, 0) is 62.6 Å². The van der Waals surface area contributed by atoms with Crippen molar-refractivity contribution in [2.45, 2.75) is 33.2 Å². The summed E-state index contributed by atoms with van der Waals surface area (Å²) in [7, 11) is 0. The monoisotopic (exact) mass is 324 g/mol. The first kappa shape index (κ1) is 16.4. The molecule has 0 amide bonds. The Balaban J connectivity index is 1.95. The van der Waals surface area contributed by atoms with Gasteiger partial charge in [0.15, 0.2) is 5.78 Å². The number of nitrogen functional groups attached to an aromatic ring is 1. The zero-order valence-corrected chi connectivity index (χ0v) is 14.3. The first-order valence-electron chi connectivity index (χ1n) is 8.49. The lowest BCUT2D eigenvalue weighted by atomic mass is 9.98. The molecule has 0 bridgehead atoms. The summed E-state index contributed by atoms with van der Waals surface area (Å²) in [5.74, 6) is 0.918. The van der Waals surface area contributed by atoms with Gasteiger partial charge in [-0.3, -0.25) is 4.79 Å². The van der Waals surface area contributed by atoms with Crippen molar-refractivity contribution in [3.05, 3.63) is 53.1 Å². The standard InChI is InChI=1S/C20H24N2O2/c1-3-24-20-10-9-15(14(2)23)12-16(20)13-22-11-5-6-17-18(21)7-4-8-19(17)22/h4,7-10,12H,3,5-6,11,13,21H2,1-2H3. The van der Waals surface area contributed by atoms with Gasteiger partial charge in [-0.25, -0.2) is 0 Å². The van der Waals surface area contributed by atoms with E-state index in [1.807, 2.05) is 37.3 Å². The average molecular weight is 324 g/mol. The van der Waals surface area contributed by atoms with Gasteiger partial charge in [-0.15, -0.1) is 0 Å². The molecule has 0 aromatic heterocycles. The molecule has 2 aromatic carbocycles. The Bertz CT molecular complexity index is 755. The molecule has 0 saturated carbocycles. The first-order chi connectivity index (χ1) is 11.6. The van der Waals surface area contributed by atoms with Crippen molar-refractivity contribution in [1.82, 2.24) is 0 Å². The van der Waals surface area contributed by atoms with Gasteiger partial charge in [-0.2, -0.15) is 0 Å². The van der Waals surface area contributed by atoms with Crippen LogP contribution in [0.5, 0.6) is 5.75 Å². The maximum Gasteiger partial charge on any atom is 0.159 e. The summed E-state index contributed by atoms with van der Waals surface area (Å²) in [5, 5.41) is 0. The zero-order chi connectivity index (χ0) is 17.1. The van der Waals surface area contributed by atoms with Gasteiger partial charge in [0.2, 0.25) is 0 Å². The minimum absolute atomic E-state index is 0.0718. The fourth-order valence-electron chi connectivity index (χ4n) is 3.32. The molecule has 0 radical (unpaired) electrons. The number of benzene rings is 2. The van der Waals surface area contributed by atoms with Gasteiger partial charge in [0.1, 0.15) is 5.75 Å². The normalized spacial score (nSPS) is 13.5. The van der Waals surface area contributed by atoms with E-state index in [-0.39, 0.29) is 5.78 Å². The molecule has 4 nitrogen and oxygen atoms in total. The van der Waals surface area contributed by atoms with Crippen LogP contribution in [-0.2, 0) is 13.0 Å². The Morgan fingerprint density at radius 1 is 1.29 bits per heavy atom. The van der Waals surface area contributed by atoms with Crippen LogP contribution in [0.3, 0.4) is 0 Å². The maximum atomic E-state index is 11.7. The second-order valence-corrected chi connectivity index (χ2v) is 6.18. The predicted molar refractivity (Wildman–Crippen MR) is 97.8 cm³/mol. The minimum atomic E-state index is 0.0718. The summed E-state index contributed by atoms with van der Waals surface area (Å²) >= 11 is 0. The largest absolute Gasteiger partial charge is 0.494 e. The number of hydrogen-bond acceptors (Lipinski definition) is 4. The third-order valence-electron chi connectivity index (χ3n) is 4.51. The number of hydrogen-bond donors (Lipinski definition) is 1. The fourth-order valence-corrected chi connectivity index (χ4v) is 3.32. The number of carbonyl (C=O) groups excluding carboxylic acids is 1. The molecular formula is C20H24N2O2. The Kier molecular flexibility index (Phi) is 4.74. The predicted octanol–water partition coefficient (Wildman–Crippen LogP) is 3.82. The van der Waals surface area contributed by atoms with E-state index in [1.165, 1.54) is 11.3 Å². The quantitative estimate of drug-likeness (QED) is 0.671. The summed E-state index contributed by atoms with van der Waals surface area (Å²) in [4.78, 5) is 14.1. The van der Waals surface area contributed by atoms with Crippen molar-refractivity contribution in [3.8, 4) is 5.75 Å². The van der Waals surface area contributed by atoms with Crippen LogP contribution >= 0.6 is 0 Å². The number of anilines is 2. The minimum Gasteiger partial charge on any atom is -0.494 e. The summed E-state index contributed by atoms with van der Waals surface area (Å²) in [6.07, 6.45) is 2.10. The highest BCUT2D eigenvalue weighted by Gasteiger charge is 2.20. The van der Waals surface area contributed by atoms with E-state index in [1.54, 1.807) is 6.92 Å². The molecular weight excluding hydrogens is 300 g/mol. The molecule has 126 valence electrons. The number of Topliss-reactive ketones (excluding diaryl/α,β-unsaturated/α-hetero) is 1. The molecule has 0 unspecified atom stereocenters. The van der Waals surface area contributed by atoms with Crippen LogP contribution in [0.25, 0.3) is 0 Å². The third kappa shape index (κ3) is 3.23. The van der Waals surface area contributed by atoms with Crippen LogP contribution < -0.4 is 15.4 Å². The van der Waals surface area contributed by atoms with Crippen LogP contribution in [0.4, 0.5) is 11.4 Å². The number of carbonyl (C=O) groups is 1. The average Bonchev–Trinajstić information content (AvgIpc) is 2.57. The molecule has 0 fully saturated rings. The number of rotatable bonds is 5. The van der Waals surface area contributed by atoms with Crippen LogP contribution in [-0.4, -0.2) is 18.9 Å². The van der Waals surface area contributed by atoms with Crippen molar-refractivity contribution in [2.75, 3.05) is 23.8 Å². The first-order valence-corrected chi connectivity index (χ1v) is 8.49. The van der Waals surface area contributed by atoms with E-state index < -0.39 is 0 Å². The topological polar surface area (TPSA) is 55.6 Å². The highest BCUT2D eigenvalue weighted by atomic mass is 16.5. The van der Waals surface area contributed by atoms with Crippen LogP contribution in [0.2, 0.25) is 0 Å². The lowest BCUT2D eigenvalue weighted by molar-refractivity contribution is 0.101. The highest BCUT2D eigenvalue weighted by Crippen LogP contribution is 2.33. The summed E-state index contributed by atoms with van der Waals surface area (Å²) in [5.41, 5.74) is 11.2. The maximum absolute atomic E-state index is 11.7. The van der Waals surface area contributed by atoms with E-state index in [0.29, 0.717) is 13.2 Å². The highest BCUT2D eigenvalue weighted by molar-refractivity contribution is 5.94. The van der Waals surface area contributed by atoms with E-state index in [9.17, 15) is 4.79 Å². The van der Waals surface area contributed by atoms with Crippen LogP contribution in [0, 0.1) is 0 Å². The number of ketones is 1. The van der Waals surface area contributed by atoms with Gasteiger partial charge in [0.05, 0.1) is 6.61 Å². The van der Waals surface area contributed by atoms with Crippen molar-refractivity contribution >= 4 is 17.2 Å². The Hall–Kier alpha value is -2.49. The molecule has 2 aromatic rings. The van der Waals surface area contributed by atoms with Gasteiger partial charge in [0, 0.05) is 35.6 Å². The smallest absolute Gasteiger partial charge is 0.159 e. The zero-order valence-electron chi connectivity index (χ0n) is 14.3. The Labute approximate surface area is 143 Å². The van der Waals surface area contributed by atoms with Crippen molar-refractivity contribution in [2.24, 2.45) is 0 Å². The van der Waals surface area contributed by atoms with Gasteiger partial charge < -0.3 is 15.4 Å². The molecule has 24 heavy (non-hydrogen) atoms. The van der Waals surface area contributed by atoms with Gasteiger partial charge in [0.25, 0.3) is 0 Å². The molecule has 0 aliphatic carbocycles. The molecule has 3 rings (SSSR count). The van der Waals surface area contributed by atoms with Crippen LogP contribution in [0.15, 0.2) is 36.4 Å². The molecule has 0 spiro atoms. The molecule has 0 saturated heterocycles. The number of nitrogens with zero attached hydrogens (tertiary/aromatic N) is 1. The summed E-state index contributed by atoms with van der Waals surface area (Å²) in [6.45, 7) is 5.87. The second kappa shape index (κ2) is 6.95. The second-order valence-electron chi connectivity index (χ2n) is 6.18. The Morgan fingerprint density at radius 2 is 2.12 bits per heavy atom. The molecule has 1 aliphatic heterocycles. The van der Waals surface area contributed by atoms with E-state index >= 15 is 0 Å². The number of ether oxygens (including phenoxy) is 1. The molecule has 1 heterocycles. The number of fused-ring (bicyclic) bond motifs is 1. The van der Waals surface area contributed by atoms with Gasteiger partial charge in [-0.1, -0.05) is 6.07 Å². The van der Waals surface area contributed by atoms with E-state index in [2.05, 4.69) is 11.0 Å². The lowest BCUT2D eigenvalue weighted by Crippen LogP contribution is -2.29. The van der Waals surface area contributed by atoms with E-state index in [0.717, 1.165) is 42.0 Å². The molecule has 1 aliphatic rings. The van der Waals surface area contributed by atoms with Crippen molar-refractivity contribution in [1.29, 1.82) is 0 Å². The third-order valence-corrected chi connectivity index (χ3v) is 4.51. The lowest BCUT2D eigenvalue weighted by Gasteiger charge is -2.32.